The van der Waals surface area contributed by atoms with Gasteiger partial charge in [-0.2, -0.15) is 13.2 Å². The Bertz CT molecular complexity index is 397. The number of imidazole rings is 1. The van der Waals surface area contributed by atoms with Crippen LogP contribution in [0.15, 0.2) is 24.5 Å². The molecule has 0 bridgehead atoms. The van der Waals surface area contributed by atoms with E-state index in [1.54, 1.807) is 0 Å². The van der Waals surface area contributed by atoms with Gasteiger partial charge in [-0.05, 0) is 18.2 Å². The van der Waals surface area contributed by atoms with Crippen LogP contribution in [-0.2, 0) is 6.18 Å². The predicted octanol–water partition coefficient (Wildman–Crippen LogP) is 2.15. The average Bonchev–Trinajstić information content (AvgIpc) is 2.45. The number of nitrogens with zero attached hydrogens (tertiary/aromatic N) is 2. The monoisotopic (exact) mass is 185 g/mol. The van der Waals surface area contributed by atoms with Gasteiger partial charge in [0.2, 0.25) is 0 Å². The van der Waals surface area contributed by atoms with E-state index in [0.717, 1.165) is 6.20 Å². The lowest BCUT2D eigenvalue weighted by molar-refractivity contribution is -0.140. The standard InChI is InChI=1S/C8H4F3N2/c9-8(10,11)6-5-13-4-2-1-3-7(13)12-6/h1,3-5H. The molecular weight excluding hydrogens is 181 g/mol. The summed E-state index contributed by atoms with van der Waals surface area (Å²) >= 11 is 0. The van der Waals surface area contributed by atoms with Crippen LogP contribution in [0.3, 0.4) is 0 Å². The van der Waals surface area contributed by atoms with Crippen molar-refractivity contribution in [3.05, 3.63) is 36.3 Å². The summed E-state index contributed by atoms with van der Waals surface area (Å²) in [6.45, 7) is 0. The third kappa shape index (κ3) is 1.37. The Morgan fingerprint density at radius 2 is 2.15 bits per heavy atom. The second kappa shape index (κ2) is 2.48. The second-order valence-electron chi connectivity index (χ2n) is 2.52. The van der Waals surface area contributed by atoms with Crippen molar-refractivity contribution in [3.8, 4) is 0 Å². The van der Waals surface area contributed by atoms with Gasteiger partial charge in [0, 0.05) is 12.4 Å². The molecule has 2 rings (SSSR count). The van der Waals surface area contributed by atoms with Crippen LogP contribution < -0.4 is 0 Å². The zero-order chi connectivity index (χ0) is 9.47. The number of rotatable bonds is 0. The van der Waals surface area contributed by atoms with Crippen LogP contribution in [-0.4, -0.2) is 9.38 Å². The predicted molar refractivity (Wildman–Crippen MR) is 39.0 cm³/mol. The van der Waals surface area contributed by atoms with E-state index < -0.39 is 11.9 Å². The molecule has 2 nitrogen and oxygen atoms in total. The minimum atomic E-state index is -4.38. The van der Waals surface area contributed by atoms with Gasteiger partial charge in [-0.15, -0.1) is 0 Å². The smallest absolute Gasteiger partial charge is 0.306 e. The minimum Gasteiger partial charge on any atom is -0.306 e. The first kappa shape index (κ1) is 8.10. The molecule has 1 radical (unpaired) electrons. The summed E-state index contributed by atoms with van der Waals surface area (Å²) in [6.07, 6.45) is -2.05. The minimum absolute atomic E-state index is 0.270. The van der Waals surface area contributed by atoms with Crippen molar-refractivity contribution >= 4 is 5.65 Å². The molecule has 0 saturated carbocycles. The third-order valence-electron chi connectivity index (χ3n) is 1.59. The number of halogens is 3. The van der Waals surface area contributed by atoms with Crippen LogP contribution >= 0.6 is 0 Å². The molecule has 0 saturated heterocycles. The molecule has 5 heteroatoms. The highest BCUT2D eigenvalue weighted by molar-refractivity contribution is 5.39. The fraction of sp³-hybridized carbons (Fsp3) is 0.125. The Hall–Kier alpha value is -1.52. The molecule has 0 atom stereocenters. The summed E-state index contributed by atoms with van der Waals surface area (Å²) in [4.78, 5) is 3.40. The fourth-order valence-electron chi connectivity index (χ4n) is 1.02. The van der Waals surface area contributed by atoms with Crippen molar-refractivity contribution in [3.63, 3.8) is 0 Å². The zero-order valence-corrected chi connectivity index (χ0v) is 6.34. The topological polar surface area (TPSA) is 17.3 Å². The van der Waals surface area contributed by atoms with Gasteiger partial charge in [0.15, 0.2) is 5.69 Å². The first-order chi connectivity index (χ1) is 6.07. The lowest BCUT2D eigenvalue weighted by Gasteiger charge is -1.98. The van der Waals surface area contributed by atoms with Crippen molar-refractivity contribution in [2.45, 2.75) is 6.18 Å². The van der Waals surface area contributed by atoms with E-state index in [2.05, 4.69) is 11.1 Å². The highest BCUT2D eigenvalue weighted by Crippen LogP contribution is 2.28. The molecule has 67 valence electrons. The fourth-order valence-corrected chi connectivity index (χ4v) is 1.02. The van der Waals surface area contributed by atoms with Crippen LogP contribution in [0.5, 0.6) is 0 Å². The van der Waals surface area contributed by atoms with Gasteiger partial charge >= 0.3 is 6.18 Å². The molecule has 2 heterocycles. The van der Waals surface area contributed by atoms with Gasteiger partial charge in [-0.3, -0.25) is 0 Å². The van der Waals surface area contributed by atoms with E-state index in [-0.39, 0.29) is 5.65 Å². The van der Waals surface area contributed by atoms with Crippen molar-refractivity contribution < 1.29 is 13.2 Å². The lowest BCUT2D eigenvalue weighted by atomic mass is 10.5. The molecule has 2 aromatic rings. The molecule has 0 fully saturated rings. The molecule has 2 aromatic heterocycles. The highest BCUT2D eigenvalue weighted by atomic mass is 19.4. The summed E-state index contributed by atoms with van der Waals surface area (Å²) in [5, 5.41) is 0. The maximum Gasteiger partial charge on any atom is 0.434 e. The number of fused-ring (bicyclic) bond motifs is 1. The second-order valence-corrected chi connectivity index (χ2v) is 2.52. The molecule has 13 heavy (non-hydrogen) atoms. The quantitative estimate of drug-likeness (QED) is 0.614. The number of alkyl halides is 3. The molecule has 0 spiro atoms. The zero-order valence-electron chi connectivity index (χ0n) is 6.34. The van der Waals surface area contributed by atoms with Crippen LogP contribution in [0.4, 0.5) is 13.2 Å². The third-order valence-corrected chi connectivity index (χ3v) is 1.59. The van der Waals surface area contributed by atoms with Gasteiger partial charge in [0.25, 0.3) is 0 Å². The highest BCUT2D eigenvalue weighted by Gasteiger charge is 2.33. The van der Waals surface area contributed by atoms with Gasteiger partial charge in [-0.25, -0.2) is 4.98 Å². The van der Waals surface area contributed by atoms with E-state index in [1.807, 2.05) is 0 Å². The van der Waals surface area contributed by atoms with Crippen LogP contribution in [0.1, 0.15) is 5.69 Å². The van der Waals surface area contributed by atoms with Crippen LogP contribution in [0, 0.1) is 6.07 Å². The normalized spacial score (nSPS) is 12.2. The number of hydrogen-bond donors (Lipinski definition) is 0. The largest absolute Gasteiger partial charge is 0.434 e. The van der Waals surface area contributed by atoms with Gasteiger partial charge in [0.05, 0.1) is 0 Å². The van der Waals surface area contributed by atoms with Gasteiger partial charge in [-0.1, -0.05) is 0 Å². The lowest BCUT2D eigenvalue weighted by Crippen LogP contribution is -2.04. The Balaban J connectivity index is 2.63. The maximum atomic E-state index is 12.1. The summed E-state index contributed by atoms with van der Waals surface area (Å²) in [7, 11) is 0. The Labute approximate surface area is 71.6 Å². The summed E-state index contributed by atoms with van der Waals surface area (Å²) in [5.41, 5.74) is -0.613. The maximum absolute atomic E-state index is 12.1. The van der Waals surface area contributed by atoms with Crippen molar-refractivity contribution in [1.29, 1.82) is 0 Å². The molecular formula is C8H4F3N2. The molecule has 0 aromatic carbocycles. The van der Waals surface area contributed by atoms with Crippen molar-refractivity contribution in [1.82, 2.24) is 9.38 Å². The summed E-state index contributed by atoms with van der Waals surface area (Å²) < 4.78 is 37.7. The molecule has 0 aliphatic rings. The average molecular weight is 185 g/mol. The molecule has 0 aliphatic carbocycles. The first-order valence-corrected chi connectivity index (χ1v) is 3.49. The van der Waals surface area contributed by atoms with Gasteiger partial charge < -0.3 is 4.40 Å². The number of hydrogen-bond acceptors (Lipinski definition) is 1. The Morgan fingerprint density at radius 1 is 1.38 bits per heavy atom. The SMILES string of the molecule is FC(F)(F)c1cn2c[c]ccc2n1. The van der Waals surface area contributed by atoms with Crippen LogP contribution in [0.25, 0.3) is 5.65 Å². The van der Waals surface area contributed by atoms with Crippen molar-refractivity contribution in [2.75, 3.05) is 0 Å². The first-order valence-electron chi connectivity index (χ1n) is 3.49. The van der Waals surface area contributed by atoms with E-state index in [1.165, 1.54) is 22.7 Å². The van der Waals surface area contributed by atoms with E-state index in [4.69, 9.17) is 0 Å². The van der Waals surface area contributed by atoms with Crippen LogP contribution in [0.2, 0.25) is 0 Å². The molecule has 0 unspecified atom stereocenters. The Kier molecular flexibility index (Phi) is 1.55. The number of pyridine rings is 1. The van der Waals surface area contributed by atoms with Crippen molar-refractivity contribution in [2.24, 2.45) is 0 Å². The Morgan fingerprint density at radius 3 is 2.77 bits per heavy atom. The molecule has 0 aliphatic heterocycles. The summed E-state index contributed by atoms with van der Waals surface area (Å²) in [6, 6.07) is 5.64. The van der Waals surface area contributed by atoms with Gasteiger partial charge in [0.1, 0.15) is 5.65 Å². The van der Waals surface area contributed by atoms with E-state index in [0.29, 0.717) is 0 Å². The molecule has 0 amide bonds. The molecule has 0 N–H and O–H groups in total. The van der Waals surface area contributed by atoms with E-state index in [9.17, 15) is 13.2 Å². The van der Waals surface area contributed by atoms with E-state index >= 15 is 0 Å². The summed E-state index contributed by atoms with van der Waals surface area (Å²) in [5.74, 6) is 0. The number of aromatic nitrogens is 2.